The van der Waals surface area contributed by atoms with Crippen LogP contribution in [-0.2, 0) is 12.0 Å². The van der Waals surface area contributed by atoms with E-state index < -0.39 is 0 Å². The summed E-state index contributed by atoms with van der Waals surface area (Å²) in [4.78, 5) is 4.73. The standard InChI is InChI=1S/C17H28N2O/c1-5-18-12-13-10-15(17(2,3)4)19-16(11-13)20-14-8-6-7-9-14/h10-11,14,18H,5-9,12H2,1-4H3. The molecule has 1 fully saturated rings. The number of nitrogens with zero attached hydrogens (tertiary/aromatic N) is 1. The van der Waals surface area contributed by atoms with Gasteiger partial charge in [0.1, 0.15) is 6.10 Å². The van der Waals surface area contributed by atoms with Crippen LogP contribution in [0.3, 0.4) is 0 Å². The summed E-state index contributed by atoms with van der Waals surface area (Å²) in [6.07, 6.45) is 5.28. The molecule has 112 valence electrons. The molecule has 1 aromatic rings. The van der Waals surface area contributed by atoms with Gasteiger partial charge in [0, 0.05) is 18.0 Å². The van der Waals surface area contributed by atoms with Crippen LogP contribution in [0, 0.1) is 0 Å². The molecule has 3 heteroatoms. The molecule has 3 nitrogen and oxygen atoms in total. The van der Waals surface area contributed by atoms with Crippen molar-refractivity contribution in [1.82, 2.24) is 10.3 Å². The van der Waals surface area contributed by atoms with Gasteiger partial charge in [0.25, 0.3) is 0 Å². The van der Waals surface area contributed by atoms with Crippen LogP contribution in [0.15, 0.2) is 12.1 Å². The Bertz CT molecular complexity index is 431. The summed E-state index contributed by atoms with van der Waals surface area (Å²) in [5, 5.41) is 3.38. The molecule has 1 heterocycles. The van der Waals surface area contributed by atoms with Crippen molar-refractivity contribution in [2.75, 3.05) is 6.54 Å². The van der Waals surface area contributed by atoms with Gasteiger partial charge in [-0.15, -0.1) is 0 Å². The molecule has 1 aliphatic rings. The molecule has 0 unspecified atom stereocenters. The van der Waals surface area contributed by atoms with Gasteiger partial charge in [0.2, 0.25) is 5.88 Å². The van der Waals surface area contributed by atoms with Crippen molar-refractivity contribution in [2.24, 2.45) is 0 Å². The molecule has 1 N–H and O–H groups in total. The summed E-state index contributed by atoms with van der Waals surface area (Å²) in [6.45, 7) is 10.6. The molecule has 1 aromatic heterocycles. The highest BCUT2D eigenvalue weighted by molar-refractivity contribution is 5.28. The normalized spacial score (nSPS) is 16.6. The van der Waals surface area contributed by atoms with Crippen LogP contribution < -0.4 is 10.1 Å². The summed E-state index contributed by atoms with van der Waals surface area (Å²) < 4.78 is 6.09. The average Bonchev–Trinajstić information content (AvgIpc) is 2.88. The van der Waals surface area contributed by atoms with Crippen molar-refractivity contribution < 1.29 is 4.74 Å². The average molecular weight is 276 g/mol. The number of nitrogens with one attached hydrogen (secondary N) is 1. The highest BCUT2D eigenvalue weighted by Gasteiger charge is 2.20. The van der Waals surface area contributed by atoms with Gasteiger partial charge in [-0.2, -0.15) is 0 Å². The van der Waals surface area contributed by atoms with Crippen LogP contribution in [0.4, 0.5) is 0 Å². The van der Waals surface area contributed by atoms with Crippen LogP contribution in [0.5, 0.6) is 5.88 Å². The van der Waals surface area contributed by atoms with Gasteiger partial charge in [-0.05, 0) is 43.9 Å². The number of hydrogen-bond acceptors (Lipinski definition) is 3. The van der Waals surface area contributed by atoms with E-state index >= 15 is 0 Å². The molecular weight excluding hydrogens is 248 g/mol. The Morgan fingerprint density at radius 1 is 1.25 bits per heavy atom. The largest absolute Gasteiger partial charge is 0.474 e. The molecule has 1 aliphatic carbocycles. The van der Waals surface area contributed by atoms with Crippen LogP contribution in [-0.4, -0.2) is 17.6 Å². The highest BCUT2D eigenvalue weighted by atomic mass is 16.5. The maximum atomic E-state index is 6.09. The second-order valence-corrected chi connectivity index (χ2v) is 6.75. The maximum absolute atomic E-state index is 6.09. The van der Waals surface area contributed by atoms with Gasteiger partial charge in [-0.3, -0.25) is 0 Å². The van der Waals surface area contributed by atoms with E-state index in [4.69, 9.17) is 9.72 Å². The summed E-state index contributed by atoms with van der Waals surface area (Å²) in [5.74, 6) is 0.803. The summed E-state index contributed by atoms with van der Waals surface area (Å²) in [7, 11) is 0. The molecule has 0 aromatic carbocycles. The van der Waals surface area contributed by atoms with E-state index in [0.29, 0.717) is 6.10 Å². The fraction of sp³-hybridized carbons (Fsp3) is 0.706. The van der Waals surface area contributed by atoms with Gasteiger partial charge in [-0.1, -0.05) is 27.7 Å². The molecule has 0 amide bonds. The van der Waals surface area contributed by atoms with E-state index in [1.807, 2.05) is 0 Å². The Balaban J connectivity index is 2.19. The molecule has 0 saturated heterocycles. The van der Waals surface area contributed by atoms with Crippen molar-refractivity contribution in [1.29, 1.82) is 0 Å². The SMILES string of the molecule is CCNCc1cc(OC2CCCC2)nc(C(C)(C)C)c1. The van der Waals surface area contributed by atoms with Gasteiger partial charge < -0.3 is 10.1 Å². The quantitative estimate of drug-likeness (QED) is 0.888. The van der Waals surface area contributed by atoms with Crippen molar-refractivity contribution >= 4 is 0 Å². The molecule has 2 rings (SSSR count). The fourth-order valence-electron chi connectivity index (χ4n) is 2.55. The van der Waals surface area contributed by atoms with Gasteiger partial charge in [-0.25, -0.2) is 4.98 Å². The van der Waals surface area contributed by atoms with Gasteiger partial charge >= 0.3 is 0 Å². The minimum Gasteiger partial charge on any atom is -0.474 e. The van der Waals surface area contributed by atoms with Crippen LogP contribution in [0.25, 0.3) is 0 Å². The lowest BCUT2D eigenvalue weighted by Gasteiger charge is -2.21. The minimum absolute atomic E-state index is 0.0516. The number of pyridine rings is 1. The van der Waals surface area contributed by atoms with Crippen LogP contribution in [0.2, 0.25) is 0 Å². The first-order chi connectivity index (χ1) is 9.49. The number of hydrogen-bond donors (Lipinski definition) is 1. The Morgan fingerprint density at radius 2 is 1.95 bits per heavy atom. The first-order valence-corrected chi connectivity index (χ1v) is 7.88. The Morgan fingerprint density at radius 3 is 2.55 bits per heavy atom. The third-order valence-electron chi connectivity index (χ3n) is 3.80. The minimum atomic E-state index is 0.0516. The van der Waals surface area contributed by atoms with Crippen molar-refractivity contribution in [3.05, 3.63) is 23.4 Å². The Kier molecular flexibility index (Phi) is 5.03. The van der Waals surface area contributed by atoms with Crippen molar-refractivity contribution in [2.45, 2.75) is 71.4 Å². The monoisotopic (exact) mass is 276 g/mol. The summed E-state index contributed by atoms with van der Waals surface area (Å²) >= 11 is 0. The van der Waals surface area contributed by atoms with E-state index in [9.17, 15) is 0 Å². The molecule has 20 heavy (non-hydrogen) atoms. The molecule has 1 saturated carbocycles. The third kappa shape index (κ3) is 4.20. The lowest BCUT2D eigenvalue weighted by atomic mass is 9.91. The third-order valence-corrected chi connectivity index (χ3v) is 3.80. The van der Waals surface area contributed by atoms with E-state index in [1.54, 1.807) is 0 Å². The zero-order chi connectivity index (χ0) is 14.6. The fourth-order valence-corrected chi connectivity index (χ4v) is 2.55. The smallest absolute Gasteiger partial charge is 0.214 e. The van der Waals surface area contributed by atoms with Gasteiger partial charge in [0.05, 0.1) is 5.69 Å². The zero-order valence-electron chi connectivity index (χ0n) is 13.3. The summed E-state index contributed by atoms with van der Waals surface area (Å²) in [5.41, 5.74) is 2.43. The number of aromatic nitrogens is 1. The van der Waals surface area contributed by atoms with Crippen LogP contribution in [0.1, 0.15) is 64.6 Å². The van der Waals surface area contributed by atoms with Crippen molar-refractivity contribution in [3.8, 4) is 5.88 Å². The first-order valence-electron chi connectivity index (χ1n) is 7.88. The second-order valence-electron chi connectivity index (χ2n) is 6.75. The zero-order valence-corrected chi connectivity index (χ0v) is 13.3. The van der Waals surface area contributed by atoms with E-state index in [0.717, 1.165) is 24.7 Å². The summed E-state index contributed by atoms with van der Waals surface area (Å²) in [6, 6.07) is 4.29. The molecule has 0 radical (unpaired) electrons. The Labute approximate surface area is 123 Å². The first kappa shape index (κ1) is 15.3. The lowest BCUT2D eigenvalue weighted by molar-refractivity contribution is 0.200. The predicted octanol–water partition coefficient (Wildman–Crippen LogP) is 3.81. The van der Waals surface area contributed by atoms with E-state index in [1.165, 1.54) is 31.2 Å². The highest BCUT2D eigenvalue weighted by Crippen LogP contribution is 2.27. The maximum Gasteiger partial charge on any atom is 0.214 e. The molecule has 0 atom stereocenters. The molecule has 0 aliphatic heterocycles. The van der Waals surface area contributed by atoms with Crippen LogP contribution >= 0.6 is 0 Å². The molecule has 0 bridgehead atoms. The lowest BCUT2D eigenvalue weighted by Crippen LogP contribution is -2.19. The van der Waals surface area contributed by atoms with Gasteiger partial charge in [0.15, 0.2) is 0 Å². The topological polar surface area (TPSA) is 34.1 Å². The van der Waals surface area contributed by atoms with E-state index in [2.05, 4.69) is 45.1 Å². The molecule has 0 spiro atoms. The second kappa shape index (κ2) is 6.57. The van der Waals surface area contributed by atoms with Crippen molar-refractivity contribution in [3.63, 3.8) is 0 Å². The van der Waals surface area contributed by atoms with E-state index in [-0.39, 0.29) is 5.41 Å². The molecular formula is C17H28N2O. The predicted molar refractivity (Wildman–Crippen MR) is 83.2 cm³/mol. The Hall–Kier alpha value is -1.09. The number of rotatable bonds is 5. The number of ether oxygens (including phenoxy) is 1.